The van der Waals surface area contributed by atoms with Gasteiger partial charge in [0.15, 0.2) is 0 Å². The number of hydrogen-bond acceptors (Lipinski definition) is 2. The predicted octanol–water partition coefficient (Wildman–Crippen LogP) is 14.4. The smallest absolute Gasteiger partial charge is 0.0708 e. The van der Waals surface area contributed by atoms with E-state index in [0.717, 1.165) is 67.0 Å². The van der Waals surface area contributed by atoms with Gasteiger partial charge in [-0.25, -0.2) is 0 Å². The molecule has 2 aromatic heterocycles. The van der Waals surface area contributed by atoms with Crippen LogP contribution in [0, 0.1) is 13.8 Å². The van der Waals surface area contributed by atoms with Gasteiger partial charge in [0.2, 0.25) is 0 Å². The molecule has 0 unspecified atom stereocenters. The van der Waals surface area contributed by atoms with Crippen LogP contribution in [-0.4, -0.2) is 9.97 Å². The fourth-order valence-electron chi connectivity index (χ4n) is 7.73. The van der Waals surface area contributed by atoms with Gasteiger partial charge in [0.25, 0.3) is 0 Å². The van der Waals surface area contributed by atoms with Gasteiger partial charge in [0, 0.05) is 34.6 Å². The lowest BCUT2D eigenvalue weighted by Crippen LogP contribution is -1.94. The van der Waals surface area contributed by atoms with Crippen LogP contribution in [0.2, 0.25) is 0 Å². The summed E-state index contributed by atoms with van der Waals surface area (Å²) in [6.07, 6.45) is 4.06. The first-order valence-electron chi connectivity index (χ1n) is 19.1. The molecule has 0 spiro atoms. The lowest BCUT2D eigenvalue weighted by molar-refractivity contribution is 1.32. The second-order valence-corrected chi connectivity index (χ2v) is 14.4. The zero-order valence-electron chi connectivity index (χ0n) is 31.5. The van der Waals surface area contributed by atoms with E-state index in [0.29, 0.717) is 0 Å². The highest BCUT2D eigenvalue weighted by Crippen LogP contribution is 2.42. The Morgan fingerprint density at radius 3 is 1.39 bits per heavy atom. The van der Waals surface area contributed by atoms with Crippen LogP contribution >= 0.6 is 0 Å². The summed E-state index contributed by atoms with van der Waals surface area (Å²) in [5.74, 6) is 0. The molecule has 2 nitrogen and oxygen atoms in total. The number of rotatable bonds is 8. The molecule has 9 aromatic rings. The molecule has 2 heteroatoms. The van der Waals surface area contributed by atoms with Crippen LogP contribution in [0.1, 0.15) is 11.1 Å². The SMILES string of the molecule is Cc1cccc(-c2ccc(-c3ccccc3-c3cc(C)cc(-c4ccccc4-c4cnc(-c5ccccc5)cc4-c4ccc(-c5ccccc5)cc4)c3)cn2)c1. The third kappa shape index (κ3) is 7.09. The summed E-state index contributed by atoms with van der Waals surface area (Å²) < 4.78 is 0. The number of aryl methyl sites for hydroxylation is 2. The molecule has 266 valence electrons. The molecule has 0 bridgehead atoms. The van der Waals surface area contributed by atoms with Gasteiger partial charge >= 0.3 is 0 Å². The number of benzene rings is 7. The Hall–Kier alpha value is -7.16. The van der Waals surface area contributed by atoms with E-state index in [1.54, 1.807) is 0 Å². The van der Waals surface area contributed by atoms with Crippen molar-refractivity contribution in [1.29, 1.82) is 0 Å². The summed E-state index contributed by atoms with van der Waals surface area (Å²) >= 11 is 0. The highest BCUT2D eigenvalue weighted by molar-refractivity contribution is 5.94. The van der Waals surface area contributed by atoms with Crippen molar-refractivity contribution >= 4 is 0 Å². The molecule has 0 fully saturated rings. The summed E-state index contributed by atoms with van der Waals surface area (Å²) in [5, 5.41) is 0. The fraction of sp³-hybridized carbons (Fsp3) is 0.0370. The topological polar surface area (TPSA) is 25.8 Å². The molecule has 7 aromatic carbocycles. The molecule has 2 heterocycles. The van der Waals surface area contributed by atoms with E-state index in [2.05, 4.69) is 208 Å². The van der Waals surface area contributed by atoms with Crippen molar-refractivity contribution in [3.63, 3.8) is 0 Å². The maximum absolute atomic E-state index is 5.06. The van der Waals surface area contributed by atoms with Crippen LogP contribution in [0.25, 0.3) is 89.3 Å². The zero-order chi connectivity index (χ0) is 37.8. The molecular weight excluding hydrogens is 677 g/mol. The van der Waals surface area contributed by atoms with Crippen molar-refractivity contribution in [2.45, 2.75) is 13.8 Å². The van der Waals surface area contributed by atoms with Gasteiger partial charge in [-0.2, -0.15) is 0 Å². The van der Waals surface area contributed by atoms with Gasteiger partial charge in [0.1, 0.15) is 0 Å². The third-order valence-electron chi connectivity index (χ3n) is 10.5. The van der Waals surface area contributed by atoms with E-state index in [4.69, 9.17) is 9.97 Å². The second kappa shape index (κ2) is 15.3. The fourth-order valence-corrected chi connectivity index (χ4v) is 7.73. The van der Waals surface area contributed by atoms with Crippen LogP contribution in [0.4, 0.5) is 0 Å². The average Bonchev–Trinajstić information content (AvgIpc) is 3.27. The van der Waals surface area contributed by atoms with Crippen LogP contribution in [0.15, 0.2) is 207 Å². The molecule has 0 N–H and O–H groups in total. The van der Waals surface area contributed by atoms with Crippen molar-refractivity contribution in [3.8, 4) is 89.3 Å². The highest BCUT2D eigenvalue weighted by Gasteiger charge is 2.17. The number of hydrogen-bond donors (Lipinski definition) is 0. The Balaban J connectivity index is 1.13. The van der Waals surface area contributed by atoms with Gasteiger partial charge in [-0.1, -0.05) is 175 Å². The first-order valence-corrected chi connectivity index (χ1v) is 19.1. The summed E-state index contributed by atoms with van der Waals surface area (Å²) in [6, 6.07) is 69.3. The summed E-state index contributed by atoms with van der Waals surface area (Å²) in [7, 11) is 0. The molecule has 56 heavy (non-hydrogen) atoms. The van der Waals surface area contributed by atoms with E-state index in [-0.39, 0.29) is 0 Å². The first-order chi connectivity index (χ1) is 27.6. The predicted molar refractivity (Wildman–Crippen MR) is 235 cm³/mol. The molecule has 0 amide bonds. The van der Waals surface area contributed by atoms with Gasteiger partial charge < -0.3 is 0 Å². The highest BCUT2D eigenvalue weighted by atomic mass is 14.7. The summed E-state index contributed by atoms with van der Waals surface area (Å²) in [5.41, 5.74) is 20.4. The molecule has 0 aliphatic heterocycles. The van der Waals surface area contributed by atoms with Crippen LogP contribution in [0.5, 0.6) is 0 Å². The molecule has 0 aliphatic carbocycles. The molecule has 0 radical (unpaired) electrons. The zero-order valence-corrected chi connectivity index (χ0v) is 31.5. The molecule has 0 saturated carbocycles. The average molecular weight is 717 g/mol. The summed E-state index contributed by atoms with van der Waals surface area (Å²) in [4.78, 5) is 9.96. The number of nitrogens with zero attached hydrogens (tertiary/aromatic N) is 2. The number of aromatic nitrogens is 2. The van der Waals surface area contributed by atoms with Crippen molar-refractivity contribution < 1.29 is 0 Å². The quantitative estimate of drug-likeness (QED) is 0.156. The Morgan fingerprint density at radius 2 is 0.750 bits per heavy atom. The third-order valence-corrected chi connectivity index (χ3v) is 10.5. The van der Waals surface area contributed by atoms with Crippen LogP contribution in [0.3, 0.4) is 0 Å². The minimum atomic E-state index is 0.949. The summed E-state index contributed by atoms with van der Waals surface area (Å²) in [6.45, 7) is 4.30. The molecule has 9 rings (SSSR count). The maximum atomic E-state index is 5.06. The minimum absolute atomic E-state index is 0.949. The Labute approximate surface area is 329 Å². The standard InChI is InChI=1S/C54H40N2/c1-37-14-13-19-43(30-37)53-29-28-44(35-55-53)47-20-9-10-21-48(47)45-31-38(2)32-46(33-45)49-22-11-12-23-50(49)52-36-56-54(42-17-7-4-8-18-42)34-51(52)41-26-24-40(25-27-41)39-15-5-3-6-16-39/h3-36H,1-2H3. The molecule has 0 atom stereocenters. The largest absolute Gasteiger partial charge is 0.256 e. The normalized spacial score (nSPS) is 11.0. The van der Waals surface area contributed by atoms with Gasteiger partial charge in [0.05, 0.1) is 11.4 Å². The Kier molecular flexibility index (Phi) is 9.45. The lowest BCUT2D eigenvalue weighted by atomic mass is 9.87. The minimum Gasteiger partial charge on any atom is -0.256 e. The monoisotopic (exact) mass is 716 g/mol. The van der Waals surface area contributed by atoms with Crippen LogP contribution in [-0.2, 0) is 0 Å². The van der Waals surface area contributed by atoms with E-state index in [1.165, 1.54) is 33.4 Å². The van der Waals surface area contributed by atoms with Crippen molar-refractivity contribution in [3.05, 3.63) is 218 Å². The molecule has 0 aliphatic rings. The van der Waals surface area contributed by atoms with Crippen molar-refractivity contribution in [2.24, 2.45) is 0 Å². The number of pyridine rings is 2. The van der Waals surface area contributed by atoms with E-state index < -0.39 is 0 Å². The lowest BCUT2D eigenvalue weighted by Gasteiger charge is -2.18. The Bertz CT molecular complexity index is 2780. The van der Waals surface area contributed by atoms with E-state index in [1.807, 2.05) is 12.3 Å². The first kappa shape index (κ1) is 34.6. The Morgan fingerprint density at radius 1 is 0.250 bits per heavy atom. The van der Waals surface area contributed by atoms with Gasteiger partial charge in [-0.3, -0.25) is 9.97 Å². The molecular formula is C54H40N2. The van der Waals surface area contributed by atoms with Gasteiger partial charge in [-0.15, -0.1) is 0 Å². The second-order valence-electron chi connectivity index (χ2n) is 14.4. The molecule has 0 saturated heterocycles. The van der Waals surface area contributed by atoms with Crippen LogP contribution < -0.4 is 0 Å². The van der Waals surface area contributed by atoms with Crippen molar-refractivity contribution in [1.82, 2.24) is 9.97 Å². The maximum Gasteiger partial charge on any atom is 0.0708 e. The van der Waals surface area contributed by atoms with E-state index in [9.17, 15) is 0 Å². The van der Waals surface area contributed by atoms with E-state index >= 15 is 0 Å². The van der Waals surface area contributed by atoms with Crippen molar-refractivity contribution in [2.75, 3.05) is 0 Å². The van der Waals surface area contributed by atoms with Gasteiger partial charge in [-0.05, 0) is 99.3 Å².